The third-order valence-corrected chi connectivity index (χ3v) is 5.79. The van der Waals surface area contributed by atoms with Crippen molar-refractivity contribution >= 4 is 17.3 Å². The number of aryl methyl sites for hydroxylation is 1. The summed E-state index contributed by atoms with van der Waals surface area (Å²) in [5.74, 6) is -0.710. The van der Waals surface area contributed by atoms with Crippen LogP contribution in [0.1, 0.15) is 88.2 Å². The third-order valence-electron chi connectivity index (χ3n) is 5.79. The van der Waals surface area contributed by atoms with E-state index in [2.05, 4.69) is 11.4 Å². The molecule has 2 aromatic rings. The van der Waals surface area contributed by atoms with Crippen LogP contribution in [0.3, 0.4) is 0 Å². The van der Waals surface area contributed by atoms with Crippen molar-refractivity contribution in [3.05, 3.63) is 45.2 Å². The molecule has 4 rings (SSSR count). The van der Waals surface area contributed by atoms with Crippen molar-refractivity contribution in [2.75, 3.05) is 18.1 Å². The summed E-state index contributed by atoms with van der Waals surface area (Å²) in [6, 6.07) is 3.61. The lowest BCUT2D eigenvalue weighted by molar-refractivity contribution is 0.0694. The summed E-state index contributed by atoms with van der Waals surface area (Å²) in [5.41, 5.74) is 11.6. The largest absolute Gasteiger partial charge is 0.477 e. The van der Waals surface area contributed by atoms with E-state index in [-0.39, 0.29) is 13.0 Å². The fraction of sp³-hybridized carbons (Fsp3) is 0.520. The number of nitrogens with zero attached hydrogens (tertiary/aromatic N) is 1. The summed E-state index contributed by atoms with van der Waals surface area (Å²) in [6.07, 6.45) is 6.93. The van der Waals surface area contributed by atoms with Gasteiger partial charge in [0.15, 0.2) is 5.43 Å². The molecule has 1 fully saturated rings. The fourth-order valence-electron chi connectivity index (χ4n) is 4.49. The summed E-state index contributed by atoms with van der Waals surface area (Å²) < 4.78 is 1.87. The SMILES string of the molecule is C.CC.CC.CNc1c(C2CCCC2)cc2c(c1N)CCn1cc(C(=O)O)c(=O)cc1-2. The maximum Gasteiger partial charge on any atom is 0.341 e. The van der Waals surface area contributed by atoms with Crippen LogP contribution in [0.4, 0.5) is 11.4 Å². The number of hydrogen-bond donors (Lipinski definition) is 3. The molecule has 6 nitrogen and oxygen atoms in total. The number of carbonyl (C=O) groups is 1. The van der Waals surface area contributed by atoms with Crippen LogP contribution < -0.4 is 16.5 Å². The molecule has 1 aliphatic heterocycles. The lowest BCUT2D eigenvalue weighted by Crippen LogP contribution is -2.23. The zero-order valence-corrected chi connectivity index (χ0v) is 18.8. The lowest BCUT2D eigenvalue weighted by Gasteiger charge is -2.28. The molecule has 1 aromatic carbocycles. The third kappa shape index (κ3) is 4.94. The molecule has 172 valence electrons. The number of rotatable bonds is 3. The van der Waals surface area contributed by atoms with Gasteiger partial charge in [-0.2, -0.15) is 0 Å². The van der Waals surface area contributed by atoms with E-state index in [1.807, 2.05) is 39.3 Å². The molecular formula is C25H39N3O3. The normalized spacial score (nSPS) is 14.0. The Kier molecular flexibility index (Phi) is 9.82. The Morgan fingerprint density at radius 1 is 1.16 bits per heavy atom. The Bertz CT molecular complexity index is 957. The number of fused-ring (bicyclic) bond motifs is 3. The minimum atomic E-state index is -1.19. The topological polar surface area (TPSA) is 97.3 Å². The number of nitrogens with two attached hydrogens (primary N) is 1. The van der Waals surface area contributed by atoms with Crippen LogP contribution in [-0.2, 0) is 13.0 Å². The van der Waals surface area contributed by atoms with Crippen LogP contribution in [-0.4, -0.2) is 22.7 Å². The molecule has 0 atom stereocenters. The van der Waals surface area contributed by atoms with Crippen LogP contribution in [0.5, 0.6) is 0 Å². The van der Waals surface area contributed by atoms with Crippen molar-refractivity contribution < 1.29 is 9.90 Å². The fourth-order valence-corrected chi connectivity index (χ4v) is 4.49. The highest BCUT2D eigenvalue weighted by Crippen LogP contribution is 2.45. The summed E-state index contributed by atoms with van der Waals surface area (Å²) in [7, 11) is 1.90. The van der Waals surface area contributed by atoms with Crippen molar-refractivity contribution in [1.82, 2.24) is 4.57 Å². The maximum atomic E-state index is 12.3. The molecular weight excluding hydrogens is 390 g/mol. The number of aromatic carboxylic acids is 1. The van der Waals surface area contributed by atoms with E-state index in [1.54, 1.807) is 0 Å². The van der Waals surface area contributed by atoms with E-state index in [0.29, 0.717) is 12.5 Å². The second-order valence-electron chi connectivity index (χ2n) is 7.20. The number of nitrogen functional groups attached to an aromatic ring is 1. The molecule has 6 heteroatoms. The first-order valence-electron chi connectivity index (χ1n) is 11.1. The monoisotopic (exact) mass is 429 g/mol. The Balaban J connectivity index is 0.000000910. The van der Waals surface area contributed by atoms with Gasteiger partial charge in [0.2, 0.25) is 0 Å². The molecule has 31 heavy (non-hydrogen) atoms. The molecule has 0 unspecified atom stereocenters. The molecule has 1 aliphatic carbocycles. The van der Waals surface area contributed by atoms with E-state index < -0.39 is 11.4 Å². The predicted molar refractivity (Wildman–Crippen MR) is 131 cm³/mol. The molecule has 0 amide bonds. The van der Waals surface area contributed by atoms with Gasteiger partial charge in [0, 0.05) is 31.4 Å². The van der Waals surface area contributed by atoms with Crippen molar-refractivity contribution in [2.24, 2.45) is 0 Å². The van der Waals surface area contributed by atoms with Crippen molar-refractivity contribution in [1.29, 1.82) is 0 Å². The molecule has 2 heterocycles. The average molecular weight is 430 g/mol. The lowest BCUT2D eigenvalue weighted by atomic mass is 9.86. The van der Waals surface area contributed by atoms with Crippen LogP contribution in [0, 0.1) is 0 Å². The second-order valence-corrected chi connectivity index (χ2v) is 7.20. The van der Waals surface area contributed by atoms with Crippen molar-refractivity contribution in [3.63, 3.8) is 0 Å². The highest BCUT2D eigenvalue weighted by atomic mass is 16.4. The zero-order valence-electron chi connectivity index (χ0n) is 18.8. The van der Waals surface area contributed by atoms with Gasteiger partial charge in [0.1, 0.15) is 5.56 Å². The second kappa shape index (κ2) is 11.6. The van der Waals surface area contributed by atoms with Gasteiger partial charge < -0.3 is 20.7 Å². The Morgan fingerprint density at radius 2 is 1.77 bits per heavy atom. The van der Waals surface area contributed by atoms with E-state index >= 15 is 0 Å². The van der Waals surface area contributed by atoms with Gasteiger partial charge in [-0.1, -0.05) is 48.0 Å². The van der Waals surface area contributed by atoms with Crippen molar-refractivity contribution in [2.45, 2.75) is 79.7 Å². The van der Waals surface area contributed by atoms with Gasteiger partial charge in [0.05, 0.1) is 17.1 Å². The first-order valence-corrected chi connectivity index (χ1v) is 11.1. The summed E-state index contributed by atoms with van der Waals surface area (Å²) in [6.45, 7) is 8.61. The van der Waals surface area contributed by atoms with Crippen molar-refractivity contribution in [3.8, 4) is 11.3 Å². The van der Waals surface area contributed by atoms with Gasteiger partial charge in [-0.05, 0) is 42.4 Å². The minimum Gasteiger partial charge on any atom is -0.477 e. The van der Waals surface area contributed by atoms with Crippen LogP contribution in [0.25, 0.3) is 11.3 Å². The van der Waals surface area contributed by atoms with Gasteiger partial charge in [-0.15, -0.1) is 0 Å². The van der Waals surface area contributed by atoms with Gasteiger partial charge in [0.25, 0.3) is 0 Å². The van der Waals surface area contributed by atoms with Gasteiger partial charge >= 0.3 is 5.97 Å². The Labute approximate surface area is 186 Å². The van der Waals surface area contributed by atoms with E-state index in [1.165, 1.54) is 30.7 Å². The molecule has 0 spiro atoms. The number of anilines is 2. The number of carboxylic acid groups (broad SMARTS) is 1. The first-order chi connectivity index (χ1) is 14.5. The van der Waals surface area contributed by atoms with Crippen LogP contribution in [0.2, 0.25) is 0 Å². The van der Waals surface area contributed by atoms with E-state index in [4.69, 9.17) is 5.73 Å². The summed E-state index contributed by atoms with van der Waals surface area (Å²) in [5, 5.41) is 12.5. The molecule has 0 bridgehead atoms. The molecule has 1 saturated carbocycles. The smallest absolute Gasteiger partial charge is 0.341 e. The molecule has 4 N–H and O–H groups in total. The van der Waals surface area contributed by atoms with Gasteiger partial charge in [-0.3, -0.25) is 4.79 Å². The predicted octanol–water partition coefficient (Wildman–Crippen LogP) is 5.74. The number of aromatic nitrogens is 1. The van der Waals surface area contributed by atoms with Gasteiger partial charge in [-0.25, -0.2) is 4.79 Å². The average Bonchev–Trinajstić information content (AvgIpc) is 3.30. The molecule has 1 aromatic heterocycles. The Morgan fingerprint density at radius 3 is 2.32 bits per heavy atom. The first kappa shape index (κ1) is 26.3. The summed E-state index contributed by atoms with van der Waals surface area (Å²) in [4.78, 5) is 23.5. The standard InChI is InChI=1S/C20H23N3O3.2C2H6.CH4/c1-22-19-13(11-4-2-3-5-11)8-14-12(18(19)21)6-7-23-10-15(20(25)26)17(24)9-16(14)23;2*1-2;/h8-11,22H,2-7,21H2,1H3,(H,25,26);2*1-2H3;1H4. The van der Waals surface area contributed by atoms with Crippen LogP contribution in [0.15, 0.2) is 23.1 Å². The Hall–Kier alpha value is -2.76. The van der Waals surface area contributed by atoms with E-state index in [0.717, 1.165) is 47.5 Å². The number of pyridine rings is 1. The highest BCUT2D eigenvalue weighted by molar-refractivity contribution is 5.89. The zero-order chi connectivity index (χ0) is 22.4. The molecule has 2 aliphatic rings. The van der Waals surface area contributed by atoms with Crippen LogP contribution >= 0.6 is 0 Å². The number of hydrogen-bond acceptors (Lipinski definition) is 4. The number of benzene rings is 1. The minimum absolute atomic E-state index is 0. The maximum absolute atomic E-state index is 12.3. The quantitative estimate of drug-likeness (QED) is 0.541. The molecule has 0 saturated heterocycles. The highest BCUT2D eigenvalue weighted by Gasteiger charge is 2.27. The van der Waals surface area contributed by atoms with E-state index in [9.17, 15) is 14.7 Å². The molecule has 0 radical (unpaired) electrons. The summed E-state index contributed by atoms with van der Waals surface area (Å²) >= 11 is 0. The number of nitrogens with one attached hydrogen (secondary N) is 1. The number of carboxylic acids is 1.